The second-order valence-electron chi connectivity index (χ2n) is 8.53. The third-order valence-electron chi connectivity index (χ3n) is 4.95. The van der Waals surface area contributed by atoms with Gasteiger partial charge in [-0.2, -0.15) is 5.10 Å². The number of anilines is 1. The van der Waals surface area contributed by atoms with Crippen LogP contribution in [0.2, 0.25) is 0 Å². The average Bonchev–Trinajstić information content (AvgIpc) is 2.88. The Hall–Kier alpha value is -3.02. The molecule has 0 bridgehead atoms. The Labute approximate surface area is 172 Å². The van der Waals surface area contributed by atoms with Gasteiger partial charge in [0, 0.05) is 28.3 Å². The highest BCUT2D eigenvalue weighted by Crippen LogP contribution is 2.29. The van der Waals surface area contributed by atoms with Crippen LogP contribution in [0.5, 0.6) is 0 Å². The van der Waals surface area contributed by atoms with Gasteiger partial charge in [-0.3, -0.25) is 4.79 Å². The Morgan fingerprint density at radius 2 is 1.66 bits per heavy atom. The molecule has 0 atom stereocenters. The first kappa shape index (κ1) is 20.7. The first-order chi connectivity index (χ1) is 13.6. The van der Waals surface area contributed by atoms with Gasteiger partial charge in [0.15, 0.2) is 0 Å². The fourth-order valence-electron chi connectivity index (χ4n) is 3.53. The van der Waals surface area contributed by atoms with E-state index in [2.05, 4.69) is 47.2 Å². The number of nitrogens with one attached hydrogen (secondary N) is 1. The first-order valence-corrected chi connectivity index (χ1v) is 9.83. The zero-order chi connectivity index (χ0) is 21.3. The third-order valence-corrected chi connectivity index (χ3v) is 4.95. The molecule has 0 unspecified atom stereocenters. The van der Waals surface area contributed by atoms with E-state index in [1.54, 1.807) is 4.68 Å². The highest BCUT2D eigenvalue weighted by molar-refractivity contribution is 5.93. The lowest BCUT2D eigenvalue weighted by Gasteiger charge is -2.23. The predicted octanol–water partition coefficient (Wildman–Crippen LogP) is 4.37. The van der Waals surface area contributed by atoms with Crippen molar-refractivity contribution in [2.75, 3.05) is 5.32 Å². The van der Waals surface area contributed by atoms with E-state index >= 15 is 0 Å². The smallest absolute Gasteiger partial charge is 0.251 e. The van der Waals surface area contributed by atoms with Crippen molar-refractivity contribution in [1.82, 2.24) is 19.7 Å². The standard InChI is InChI=1S/C23H29N5O/c1-14-12-15(2)25-22(24-14)28-17(4)18(16(3)27-28)13-21(29)26-20-11-9-8-10-19(20)23(5,6)7/h8-12H,13H2,1-7H3,(H,26,29). The Kier molecular flexibility index (Phi) is 5.55. The quantitative estimate of drug-likeness (QED) is 0.716. The molecular weight excluding hydrogens is 362 g/mol. The van der Waals surface area contributed by atoms with E-state index < -0.39 is 0 Å². The molecule has 0 aliphatic heterocycles. The molecule has 0 saturated heterocycles. The van der Waals surface area contributed by atoms with E-state index in [9.17, 15) is 4.79 Å². The maximum atomic E-state index is 12.8. The van der Waals surface area contributed by atoms with Gasteiger partial charge >= 0.3 is 0 Å². The van der Waals surface area contributed by atoms with Crippen molar-refractivity contribution in [3.8, 4) is 5.95 Å². The van der Waals surface area contributed by atoms with Crippen LogP contribution in [0.15, 0.2) is 30.3 Å². The highest BCUT2D eigenvalue weighted by Gasteiger charge is 2.21. The number of carbonyl (C=O) groups excluding carboxylic acids is 1. The van der Waals surface area contributed by atoms with Gasteiger partial charge in [-0.1, -0.05) is 39.0 Å². The van der Waals surface area contributed by atoms with Gasteiger partial charge in [0.2, 0.25) is 5.91 Å². The summed E-state index contributed by atoms with van der Waals surface area (Å²) in [5.74, 6) is 0.474. The van der Waals surface area contributed by atoms with Gasteiger partial charge < -0.3 is 5.32 Å². The monoisotopic (exact) mass is 391 g/mol. The van der Waals surface area contributed by atoms with Crippen molar-refractivity contribution in [2.45, 2.75) is 60.3 Å². The van der Waals surface area contributed by atoms with Crippen molar-refractivity contribution in [1.29, 1.82) is 0 Å². The fourth-order valence-corrected chi connectivity index (χ4v) is 3.53. The minimum atomic E-state index is -0.0613. The Morgan fingerprint density at radius 3 is 2.28 bits per heavy atom. The van der Waals surface area contributed by atoms with Crippen LogP contribution < -0.4 is 5.32 Å². The number of aromatic nitrogens is 4. The zero-order valence-corrected chi connectivity index (χ0v) is 18.3. The normalized spacial score (nSPS) is 11.6. The molecule has 2 aromatic heterocycles. The lowest BCUT2D eigenvalue weighted by Crippen LogP contribution is -2.20. The molecule has 3 aromatic rings. The van der Waals surface area contributed by atoms with E-state index in [1.807, 2.05) is 52.0 Å². The second-order valence-corrected chi connectivity index (χ2v) is 8.53. The van der Waals surface area contributed by atoms with E-state index in [1.165, 1.54) is 0 Å². The van der Waals surface area contributed by atoms with E-state index in [0.717, 1.165) is 39.6 Å². The van der Waals surface area contributed by atoms with Gasteiger partial charge in [-0.15, -0.1) is 0 Å². The van der Waals surface area contributed by atoms with Crippen LogP contribution >= 0.6 is 0 Å². The van der Waals surface area contributed by atoms with Gasteiger partial charge in [0.05, 0.1) is 12.1 Å². The largest absolute Gasteiger partial charge is 0.326 e. The second kappa shape index (κ2) is 7.78. The summed E-state index contributed by atoms with van der Waals surface area (Å²) in [5.41, 5.74) is 6.28. The summed E-state index contributed by atoms with van der Waals surface area (Å²) in [6, 6.07) is 9.87. The molecule has 1 amide bonds. The molecule has 0 aliphatic carbocycles. The van der Waals surface area contributed by atoms with Crippen molar-refractivity contribution < 1.29 is 4.79 Å². The van der Waals surface area contributed by atoms with Crippen LogP contribution in [0.3, 0.4) is 0 Å². The highest BCUT2D eigenvalue weighted by atomic mass is 16.1. The Bertz CT molecular complexity index is 1040. The molecule has 0 spiro atoms. The van der Waals surface area contributed by atoms with Crippen LogP contribution in [0.25, 0.3) is 5.95 Å². The van der Waals surface area contributed by atoms with E-state index in [0.29, 0.717) is 5.95 Å². The lowest BCUT2D eigenvalue weighted by molar-refractivity contribution is -0.115. The van der Waals surface area contributed by atoms with Crippen LogP contribution in [0, 0.1) is 27.7 Å². The summed E-state index contributed by atoms with van der Waals surface area (Å²) in [5, 5.41) is 7.67. The number of aryl methyl sites for hydroxylation is 3. The summed E-state index contributed by atoms with van der Waals surface area (Å²) < 4.78 is 1.72. The topological polar surface area (TPSA) is 72.7 Å². The van der Waals surface area contributed by atoms with Gasteiger partial charge in [-0.25, -0.2) is 14.6 Å². The number of carbonyl (C=O) groups is 1. The number of rotatable bonds is 4. The number of hydrogen-bond acceptors (Lipinski definition) is 4. The summed E-state index contributed by atoms with van der Waals surface area (Å²) in [6.07, 6.45) is 0.251. The minimum Gasteiger partial charge on any atom is -0.326 e. The molecule has 0 fully saturated rings. The summed E-state index contributed by atoms with van der Waals surface area (Å²) in [7, 11) is 0. The molecule has 2 heterocycles. The van der Waals surface area contributed by atoms with E-state index in [-0.39, 0.29) is 17.7 Å². The predicted molar refractivity (Wildman–Crippen MR) is 116 cm³/mol. The SMILES string of the molecule is Cc1cc(C)nc(-n2nc(C)c(CC(=O)Nc3ccccc3C(C)(C)C)c2C)n1. The molecular formula is C23H29N5O. The molecule has 3 rings (SSSR count). The van der Waals surface area contributed by atoms with Crippen LogP contribution in [-0.2, 0) is 16.6 Å². The average molecular weight is 392 g/mol. The summed E-state index contributed by atoms with van der Waals surface area (Å²) >= 11 is 0. The van der Waals surface area contributed by atoms with Gasteiger partial charge in [0.1, 0.15) is 0 Å². The minimum absolute atomic E-state index is 0.0546. The van der Waals surface area contributed by atoms with Crippen molar-refractivity contribution in [3.63, 3.8) is 0 Å². The number of nitrogens with zero attached hydrogens (tertiary/aromatic N) is 4. The Morgan fingerprint density at radius 1 is 1.03 bits per heavy atom. The Balaban J connectivity index is 1.87. The van der Waals surface area contributed by atoms with Crippen LogP contribution in [0.4, 0.5) is 5.69 Å². The summed E-state index contributed by atoms with van der Waals surface area (Å²) in [4.78, 5) is 21.8. The van der Waals surface area contributed by atoms with Gasteiger partial charge in [0.25, 0.3) is 5.95 Å². The molecule has 0 radical (unpaired) electrons. The molecule has 0 saturated carbocycles. The summed E-state index contributed by atoms with van der Waals surface area (Å²) in [6.45, 7) is 14.2. The lowest BCUT2D eigenvalue weighted by atomic mass is 9.86. The molecule has 152 valence electrons. The molecule has 6 heteroatoms. The fraction of sp³-hybridized carbons (Fsp3) is 0.391. The molecule has 0 aliphatic rings. The number of para-hydroxylation sites is 1. The third kappa shape index (κ3) is 4.53. The van der Waals surface area contributed by atoms with Crippen LogP contribution in [-0.4, -0.2) is 25.7 Å². The maximum Gasteiger partial charge on any atom is 0.251 e. The molecule has 1 N–H and O–H groups in total. The van der Waals surface area contributed by atoms with Gasteiger partial charge in [-0.05, 0) is 50.8 Å². The first-order valence-electron chi connectivity index (χ1n) is 9.83. The van der Waals surface area contributed by atoms with Crippen molar-refractivity contribution >= 4 is 11.6 Å². The zero-order valence-electron chi connectivity index (χ0n) is 18.3. The molecule has 29 heavy (non-hydrogen) atoms. The van der Waals surface area contributed by atoms with Crippen molar-refractivity contribution in [3.05, 3.63) is 64.2 Å². The molecule has 6 nitrogen and oxygen atoms in total. The maximum absolute atomic E-state index is 12.8. The number of amides is 1. The van der Waals surface area contributed by atoms with E-state index in [4.69, 9.17) is 0 Å². The molecule has 1 aromatic carbocycles. The number of benzene rings is 1. The number of hydrogen-bond donors (Lipinski definition) is 1. The van der Waals surface area contributed by atoms with Crippen LogP contribution in [0.1, 0.15) is 54.7 Å². The van der Waals surface area contributed by atoms with Crippen molar-refractivity contribution in [2.24, 2.45) is 0 Å².